The summed E-state index contributed by atoms with van der Waals surface area (Å²) < 4.78 is 11.4. The van der Waals surface area contributed by atoms with Gasteiger partial charge in [-0.05, 0) is 54.2 Å². The molecule has 0 bridgehead atoms. The van der Waals surface area contributed by atoms with Gasteiger partial charge < -0.3 is 24.6 Å². The highest BCUT2D eigenvalue weighted by Crippen LogP contribution is 2.27. The number of carbonyl (C=O) groups excluding carboxylic acids is 2. The molecular formula is C28H39N3O4. The van der Waals surface area contributed by atoms with E-state index in [0.717, 1.165) is 30.7 Å². The van der Waals surface area contributed by atoms with Crippen LogP contribution in [0.5, 0.6) is 5.75 Å². The van der Waals surface area contributed by atoms with Gasteiger partial charge in [0.2, 0.25) is 5.91 Å². The lowest BCUT2D eigenvalue weighted by molar-refractivity contribution is -0.135. The molecule has 2 aromatic rings. The number of para-hydroxylation sites is 1. The number of hydrogen-bond acceptors (Lipinski definition) is 5. The van der Waals surface area contributed by atoms with Crippen LogP contribution in [0.2, 0.25) is 0 Å². The second-order valence-electron chi connectivity index (χ2n) is 10.5. The summed E-state index contributed by atoms with van der Waals surface area (Å²) >= 11 is 0. The summed E-state index contributed by atoms with van der Waals surface area (Å²) in [5.74, 6) is 0.522. The van der Waals surface area contributed by atoms with E-state index in [0.29, 0.717) is 30.9 Å². The van der Waals surface area contributed by atoms with Gasteiger partial charge in [-0.25, -0.2) is 0 Å². The van der Waals surface area contributed by atoms with E-state index >= 15 is 0 Å². The number of hydrogen-bond donors (Lipinski definition) is 1. The van der Waals surface area contributed by atoms with Crippen molar-refractivity contribution in [1.29, 1.82) is 0 Å². The van der Waals surface area contributed by atoms with Gasteiger partial charge in [0.15, 0.2) is 6.61 Å². The molecule has 1 unspecified atom stereocenters. The number of benzene rings is 2. The maximum atomic E-state index is 13.3. The molecule has 2 amide bonds. The van der Waals surface area contributed by atoms with Gasteiger partial charge in [-0.3, -0.25) is 9.59 Å². The molecule has 0 aliphatic carbocycles. The van der Waals surface area contributed by atoms with Crippen molar-refractivity contribution in [1.82, 2.24) is 4.90 Å². The Bertz CT molecular complexity index is 979. The summed E-state index contributed by atoms with van der Waals surface area (Å²) in [4.78, 5) is 29.7. The van der Waals surface area contributed by atoms with E-state index in [1.807, 2.05) is 72.4 Å². The van der Waals surface area contributed by atoms with Crippen LogP contribution >= 0.6 is 0 Å². The average molecular weight is 482 g/mol. The highest BCUT2D eigenvalue weighted by atomic mass is 16.5. The standard InChI is InChI=1S/C28H39N3O4/c1-28(2,3)17-27(33)31(19-24-12-9-15-34-24)18-21-16-22(13-14-25(21)30(4)5)29-26(32)20-35-23-10-7-6-8-11-23/h6-8,10-11,13-14,16,24H,9,12,15,17-20H2,1-5H3,(H,29,32). The van der Waals surface area contributed by atoms with E-state index in [-0.39, 0.29) is 29.9 Å². The molecule has 190 valence electrons. The fraction of sp³-hybridized carbons (Fsp3) is 0.500. The van der Waals surface area contributed by atoms with Crippen molar-refractivity contribution in [3.63, 3.8) is 0 Å². The lowest BCUT2D eigenvalue weighted by Crippen LogP contribution is -2.38. The number of amides is 2. The van der Waals surface area contributed by atoms with Crippen molar-refractivity contribution in [2.75, 3.05) is 44.1 Å². The molecule has 7 heteroatoms. The molecule has 0 aromatic heterocycles. The minimum absolute atomic E-state index is 0.0692. The van der Waals surface area contributed by atoms with Crippen molar-refractivity contribution in [2.45, 2.75) is 52.7 Å². The quantitative estimate of drug-likeness (QED) is 0.532. The van der Waals surface area contributed by atoms with Crippen LogP contribution in [0, 0.1) is 5.41 Å². The third-order valence-electron chi connectivity index (χ3n) is 5.80. The molecule has 35 heavy (non-hydrogen) atoms. The second-order valence-corrected chi connectivity index (χ2v) is 10.5. The number of rotatable bonds is 10. The maximum Gasteiger partial charge on any atom is 0.262 e. The van der Waals surface area contributed by atoms with Crippen LogP contribution in [0.1, 0.15) is 45.6 Å². The average Bonchev–Trinajstić information content (AvgIpc) is 3.30. The Hall–Kier alpha value is -3.06. The second kappa shape index (κ2) is 12.1. The molecular weight excluding hydrogens is 442 g/mol. The molecule has 1 aliphatic heterocycles. The molecule has 0 spiro atoms. The molecule has 1 atom stereocenters. The summed E-state index contributed by atoms with van der Waals surface area (Å²) in [6, 6.07) is 15.1. The number of carbonyl (C=O) groups is 2. The van der Waals surface area contributed by atoms with E-state index in [1.54, 1.807) is 0 Å². The molecule has 2 aromatic carbocycles. The first-order valence-electron chi connectivity index (χ1n) is 12.3. The van der Waals surface area contributed by atoms with E-state index in [2.05, 4.69) is 26.1 Å². The lowest BCUT2D eigenvalue weighted by Gasteiger charge is -2.30. The summed E-state index contributed by atoms with van der Waals surface area (Å²) in [6.07, 6.45) is 2.53. The molecule has 3 rings (SSSR count). The SMILES string of the molecule is CN(C)c1ccc(NC(=O)COc2ccccc2)cc1CN(CC1CCCO1)C(=O)CC(C)(C)C. The number of nitrogens with one attached hydrogen (secondary N) is 1. The predicted octanol–water partition coefficient (Wildman–Crippen LogP) is 4.71. The van der Waals surface area contributed by atoms with Crippen LogP contribution in [0.15, 0.2) is 48.5 Å². The largest absolute Gasteiger partial charge is 0.484 e. The highest BCUT2D eigenvalue weighted by molar-refractivity contribution is 5.92. The Labute approximate surface area is 209 Å². The third-order valence-corrected chi connectivity index (χ3v) is 5.80. The zero-order chi connectivity index (χ0) is 25.4. The Morgan fingerprint density at radius 3 is 2.49 bits per heavy atom. The first-order valence-corrected chi connectivity index (χ1v) is 12.3. The van der Waals surface area contributed by atoms with Gasteiger partial charge in [0.05, 0.1) is 6.10 Å². The molecule has 1 saturated heterocycles. The minimum atomic E-state index is -0.238. The van der Waals surface area contributed by atoms with Crippen molar-refractivity contribution in [3.05, 3.63) is 54.1 Å². The summed E-state index contributed by atoms with van der Waals surface area (Å²) in [7, 11) is 3.96. The summed E-state index contributed by atoms with van der Waals surface area (Å²) in [5, 5.41) is 2.92. The molecule has 0 saturated carbocycles. The molecule has 1 N–H and O–H groups in total. The molecule has 7 nitrogen and oxygen atoms in total. The van der Waals surface area contributed by atoms with E-state index in [1.165, 1.54) is 0 Å². The topological polar surface area (TPSA) is 71.1 Å². The van der Waals surface area contributed by atoms with Crippen molar-refractivity contribution in [2.24, 2.45) is 5.41 Å². The number of ether oxygens (including phenoxy) is 2. The van der Waals surface area contributed by atoms with Crippen LogP contribution in [0.25, 0.3) is 0 Å². The lowest BCUT2D eigenvalue weighted by atomic mass is 9.91. The van der Waals surface area contributed by atoms with Gasteiger partial charge in [-0.2, -0.15) is 0 Å². The normalized spacial score (nSPS) is 15.5. The Kier molecular flexibility index (Phi) is 9.15. The molecule has 1 heterocycles. The smallest absolute Gasteiger partial charge is 0.262 e. The van der Waals surface area contributed by atoms with Crippen LogP contribution in [0.4, 0.5) is 11.4 Å². The van der Waals surface area contributed by atoms with E-state index < -0.39 is 0 Å². The third kappa shape index (κ3) is 8.58. The molecule has 1 aliphatic rings. The number of anilines is 2. The van der Waals surface area contributed by atoms with Crippen LogP contribution in [0.3, 0.4) is 0 Å². The van der Waals surface area contributed by atoms with Gasteiger partial charge in [0, 0.05) is 51.6 Å². The fourth-order valence-corrected chi connectivity index (χ4v) is 4.15. The Morgan fingerprint density at radius 2 is 1.86 bits per heavy atom. The van der Waals surface area contributed by atoms with Gasteiger partial charge in [-0.1, -0.05) is 39.0 Å². The van der Waals surface area contributed by atoms with Gasteiger partial charge in [0.25, 0.3) is 5.91 Å². The van der Waals surface area contributed by atoms with E-state index in [9.17, 15) is 9.59 Å². The van der Waals surface area contributed by atoms with Crippen molar-refractivity contribution < 1.29 is 19.1 Å². The van der Waals surface area contributed by atoms with Crippen molar-refractivity contribution in [3.8, 4) is 5.75 Å². The van der Waals surface area contributed by atoms with Gasteiger partial charge >= 0.3 is 0 Å². The van der Waals surface area contributed by atoms with Gasteiger partial charge in [-0.15, -0.1) is 0 Å². The van der Waals surface area contributed by atoms with Crippen molar-refractivity contribution >= 4 is 23.2 Å². The first kappa shape index (κ1) is 26.5. The van der Waals surface area contributed by atoms with Crippen LogP contribution in [-0.2, 0) is 20.9 Å². The first-order chi connectivity index (χ1) is 16.6. The highest BCUT2D eigenvalue weighted by Gasteiger charge is 2.26. The molecule has 0 radical (unpaired) electrons. The minimum Gasteiger partial charge on any atom is -0.484 e. The predicted molar refractivity (Wildman–Crippen MR) is 140 cm³/mol. The molecule has 1 fully saturated rings. The van der Waals surface area contributed by atoms with E-state index in [4.69, 9.17) is 9.47 Å². The van der Waals surface area contributed by atoms with Crippen LogP contribution < -0.4 is 15.0 Å². The number of nitrogens with zero attached hydrogens (tertiary/aromatic N) is 2. The van der Waals surface area contributed by atoms with Crippen LogP contribution in [-0.4, -0.2) is 56.7 Å². The zero-order valence-electron chi connectivity index (χ0n) is 21.7. The fourth-order valence-electron chi connectivity index (χ4n) is 4.15. The summed E-state index contributed by atoms with van der Waals surface area (Å²) in [5.41, 5.74) is 2.54. The maximum absolute atomic E-state index is 13.3. The zero-order valence-corrected chi connectivity index (χ0v) is 21.7. The Balaban J connectivity index is 1.75. The summed E-state index contributed by atoms with van der Waals surface area (Å²) in [6.45, 7) is 7.93. The van der Waals surface area contributed by atoms with Gasteiger partial charge in [0.1, 0.15) is 5.75 Å². The monoisotopic (exact) mass is 481 g/mol. The Morgan fingerprint density at radius 1 is 1.11 bits per heavy atom.